The van der Waals surface area contributed by atoms with E-state index in [1.165, 1.54) is 18.2 Å². The smallest absolute Gasteiger partial charge is 0.260 e. The molecule has 0 aliphatic rings. The van der Waals surface area contributed by atoms with Gasteiger partial charge in [0.2, 0.25) is 0 Å². The summed E-state index contributed by atoms with van der Waals surface area (Å²) in [5.74, 6) is 0.237. The maximum absolute atomic E-state index is 10.8. The van der Waals surface area contributed by atoms with E-state index in [0.717, 1.165) is 0 Å². The summed E-state index contributed by atoms with van der Waals surface area (Å²) in [5.41, 5.74) is 3.76. The van der Waals surface area contributed by atoms with E-state index < -0.39 is 4.92 Å². The average Bonchev–Trinajstić information content (AvgIpc) is 2.49. The SMILES string of the molecule is C/C(=N/Nc1nc(Cl)c(Cl)cc1Cl)c1cccc([N+](=O)[O-])c1. The highest BCUT2D eigenvalue weighted by atomic mass is 35.5. The van der Waals surface area contributed by atoms with Crippen LogP contribution in [0.15, 0.2) is 35.4 Å². The minimum absolute atomic E-state index is 0.0160. The number of anilines is 1. The van der Waals surface area contributed by atoms with Crippen LogP contribution in [0, 0.1) is 10.1 Å². The Morgan fingerprint density at radius 2 is 2.00 bits per heavy atom. The van der Waals surface area contributed by atoms with Crippen LogP contribution in [0.5, 0.6) is 0 Å². The van der Waals surface area contributed by atoms with Crippen LogP contribution in [0.2, 0.25) is 15.2 Å². The Balaban J connectivity index is 2.25. The number of nitrogens with one attached hydrogen (secondary N) is 1. The number of aromatic nitrogens is 1. The minimum atomic E-state index is -0.471. The van der Waals surface area contributed by atoms with E-state index in [-0.39, 0.29) is 26.7 Å². The molecule has 0 atom stereocenters. The molecule has 9 heteroatoms. The van der Waals surface area contributed by atoms with Gasteiger partial charge in [0.05, 0.1) is 20.7 Å². The number of hydrogen-bond acceptors (Lipinski definition) is 5. The van der Waals surface area contributed by atoms with E-state index in [1.807, 2.05) is 0 Å². The first kappa shape index (κ1) is 16.5. The largest absolute Gasteiger partial charge is 0.270 e. The van der Waals surface area contributed by atoms with Gasteiger partial charge < -0.3 is 0 Å². The average molecular weight is 360 g/mol. The van der Waals surface area contributed by atoms with E-state index >= 15 is 0 Å². The molecule has 0 aliphatic heterocycles. The van der Waals surface area contributed by atoms with Gasteiger partial charge in [-0.3, -0.25) is 15.5 Å². The Kier molecular flexibility index (Phi) is 5.18. The molecule has 2 rings (SSSR count). The molecule has 0 radical (unpaired) electrons. The number of hydrogen-bond donors (Lipinski definition) is 1. The van der Waals surface area contributed by atoms with Crippen LogP contribution in [0.1, 0.15) is 12.5 Å². The second-order valence-electron chi connectivity index (χ2n) is 4.21. The van der Waals surface area contributed by atoms with Gasteiger partial charge in [0.15, 0.2) is 5.82 Å². The zero-order chi connectivity index (χ0) is 16.3. The van der Waals surface area contributed by atoms with E-state index in [1.54, 1.807) is 19.1 Å². The lowest BCUT2D eigenvalue weighted by atomic mass is 10.1. The van der Waals surface area contributed by atoms with Crippen LogP contribution in [0.3, 0.4) is 0 Å². The van der Waals surface area contributed by atoms with Gasteiger partial charge in [0.25, 0.3) is 5.69 Å². The first-order valence-corrected chi connectivity index (χ1v) is 7.08. The van der Waals surface area contributed by atoms with Crippen LogP contribution >= 0.6 is 34.8 Å². The fourth-order valence-electron chi connectivity index (χ4n) is 1.57. The molecule has 6 nitrogen and oxygen atoms in total. The molecule has 114 valence electrons. The zero-order valence-electron chi connectivity index (χ0n) is 11.2. The van der Waals surface area contributed by atoms with Crippen LogP contribution < -0.4 is 5.43 Å². The molecule has 0 saturated heterocycles. The Labute approximate surface area is 140 Å². The molecule has 1 aromatic carbocycles. The standard InChI is InChI=1S/C13H9Cl3N4O2/c1-7(8-3-2-4-9(5-8)20(21)22)18-19-13-11(15)6-10(14)12(16)17-13/h2-6H,1H3,(H,17,19)/b18-7-. The quantitative estimate of drug-likeness (QED) is 0.368. The molecule has 1 N–H and O–H groups in total. The Hall–Kier alpha value is -1.89. The molecule has 22 heavy (non-hydrogen) atoms. The molecule has 0 amide bonds. The highest BCUT2D eigenvalue weighted by Gasteiger charge is 2.09. The summed E-state index contributed by atoms with van der Waals surface area (Å²) in [7, 11) is 0. The normalized spacial score (nSPS) is 11.4. The molecule has 0 saturated carbocycles. The Bertz CT molecular complexity index is 765. The molecule has 0 aliphatic carbocycles. The van der Waals surface area contributed by atoms with Crippen molar-refractivity contribution in [3.05, 3.63) is 61.2 Å². The third kappa shape index (κ3) is 3.85. The van der Waals surface area contributed by atoms with Crippen LogP contribution in [-0.4, -0.2) is 15.6 Å². The van der Waals surface area contributed by atoms with E-state index in [2.05, 4.69) is 15.5 Å². The number of halogens is 3. The van der Waals surface area contributed by atoms with Crippen molar-refractivity contribution in [2.75, 3.05) is 5.43 Å². The Morgan fingerprint density at radius 1 is 1.27 bits per heavy atom. The van der Waals surface area contributed by atoms with E-state index in [0.29, 0.717) is 11.3 Å². The predicted molar refractivity (Wildman–Crippen MR) is 88.2 cm³/mol. The summed E-state index contributed by atoms with van der Waals surface area (Å²) in [6.07, 6.45) is 0. The second-order valence-corrected chi connectivity index (χ2v) is 5.38. The lowest BCUT2D eigenvalue weighted by Gasteiger charge is -2.06. The molecule has 0 spiro atoms. The summed E-state index contributed by atoms with van der Waals surface area (Å²) >= 11 is 17.6. The van der Waals surface area contributed by atoms with Gasteiger partial charge in [-0.2, -0.15) is 5.10 Å². The van der Waals surface area contributed by atoms with Gasteiger partial charge in [-0.1, -0.05) is 46.9 Å². The molecule has 0 fully saturated rings. The number of hydrazone groups is 1. The monoisotopic (exact) mass is 358 g/mol. The molecule has 0 bridgehead atoms. The summed E-state index contributed by atoms with van der Waals surface area (Å²) in [4.78, 5) is 14.3. The zero-order valence-corrected chi connectivity index (χ0v) is 13.4. The number of pyridine rings is 1. The number of non-ortho nitro benzene ring substituents is 1. The van der Waals surface area contributed by atoms with Crippen LogP contribution in [0.4, 0.5) is 11.5 Å². The van der Waals surface area contributed by atoms with E-state index in [9.17, 15) is 10.1 Å². The van der Waals surface area contributed by atoms with Crippen molar-refractivity contribution < 1.29 is 4.92 Å². The second kappa shape index (κ2) is 6.91. The third-order valence-electron chi connectivity index (χ3n) is 2.69. The maximum Gasteiger partial charge on any atom is 0.270 e. The number of nitro groups is 1. The van der Waals surface area contributed by atoms with Crippen molar-refractivity contribution in [3.63, 3.8) is 0 Å². The first-order valence-electron chi connectivity index (χ1n) is 5.95. The topological polar surface area (TPSA) is 80.4 Å². The summed E-state index contributed by atoms with van der Waals surface area (Å²) in [5, 5.41) is 15.4. The van der Waals surface area contributed by atoms with Crippen molar-refractivity contribution in [2.45, 2.75) is 6.92 Å². The number of nitro benzene ring substituents is 1. The minimum Gasteiger partial charge on any atom is -0.260 e. The highest BCUT2D eigenvalue weighted by molar-refractivity contribution is 6.42. The van der Waals surface area contributed by atoms with Gasteiger partial charge in [-0.05, 0) is 13.0 Å². The van der Waals surface area contributed by atoms with Gasteiger partial charge in [-0.25, -0.2) is 4.98 Å². The molecule has 0 unspecified atom stereocenters. The number of benzene rings is 1. The maximum atomic E-state index is 10.8. The lowest BCUT2D eigenvalue weighted by molar-refractivity contribution is -0.384. The van der Waals surface area contributed by atoms with Gasteiger partial charge in [0.1, 0.15) is 5.15 Å². The highest BCUT2D eigenvalue weighted by Crippen LogP contribution is 2.28. The van der Waals surface area contributed by atoms with E-state index in [4.69, 9.17) is 34.8 Å². The van der Waals surface area contributed by atoms with Crippen molar-refractivity contribution in [3.8, 4) is 0 Å². The number of rotatable bonds is 4. The number of nitrogens with zero attached hydrogens (tertiary/aromatic N) is 3. The predicted octanol–water partition coefficient (Wildman–Crippen LogP) is 4.79. The van der Waals surface area contributed by atoms with Crippen LogP contribution in [-0.2, 0) is 0 Å². The van der Waals surface area contributed by atoms with Crippen molar-refractivity contribution in [1.82, 2.24) is 4.98 Å². The van der Waals surface area contributed by atoms with Gasteiger partial charge in [0, 0.05) is 17.7 Å². The fraction of sp³-hybridized carbons (Fsp3) is 0.0769. The first-order chi connectivity index (χ1) is 10.4. The molecule has 2 aromatic rings. The molecule has 1 aromatic heterocycles. The summed E-state index contributed by atoms with van der Waals surface area (Å²) in [6.45, 7) is 1.69. The molecular weight excluding hydrogens is 351 g/mol. The van der Waals surface area contributed by atoms with Gasteiger partial charge in [-0.15, -0.1) is 0 Å². The van der Waals surface area contributed by atoms with Crippen molar-refractivity contribution in [2.24, 2.45) is 5.10 Å². The summed E-state index contributed by atoms with van der Waals surface area (Å²) < 4.78 is 0. The summed E-state index contributed by atoms with van der Waals surface area (Å²) in [6, 6.07) is 7.55. The molecular formula is C13H9Cl3N4O2. The fourth-order valence-corrected chi connectivity index (χ4v) is 2.11. The Morgan fingerprint density at radius 3 is 2.68 bits per heavy atom. The van der Waals surface area contributed by atoms with Gasteiger partial charge >= 0.3 is 0 Å². The lowest BCUT2D eigenvalue weighted by Crippen LogP contribution is -2.02. The van der Waals surface area contributed by atoms with Crippen molar-refractivity contribution >= 4 is 52.0 Å². The third-order valence-corrected chi connectivity index (χ3v) is 3.65. The van der Waals surface area contributed by atoms with Crippen molar-refractivity contribution in [1.29, 1.82) is 0 Å². The molecule has 1 heterocycles. The van der Waals surface area contributed by atoms with Crippen LogP contribution in [0.25, 0.3) is 0 Å².